The fourth-order valence-corrected chi connectivity index (χ4v) is 5.76. The predicted octanol–water partition coefficient (Wildman–Crippen LogP) is 4.67. The zero-order valence-electron chi connectivity index (χ0n) is 23.8. The van der Waals surface area contributed by atoms with Crippen LogP contribution in [-0.4, -0.2) is 65.0 Å². The molecular formula is C31H38N6O3. The lowest BCUT2D eigenvalue weighted by molar-refractivity contribution is -0.230. The summed E-state index contributed by atoms with van der Waals surface area (Å²) in [5, 5.41) is 15.0. The van der Waals surface area contributed by atoms with Gasteiger partial charge in [-0.15, -0.1) is 0 Å². The third kappa shape index (κ3) is 5.51. The highest BCUT2D eigenvalue weighted by atomic mass is 16.7. The van der Waals surface area contributed by atoms with Crippen molar-refractivity contribution in [1.82, 2.24) is 19.9 Å². The van der Waals surface area contributed by atoms with Gasteiger partial charge < -0.3 is 19.5 Å². The third-order valence-electron chi connectivity index (χ3n) is 7.99. The largest absolute Gasteiger partial charge is 0.488 e. The van der Waals surface area contributed by atoms with E-state index < -0.39 is 0 Å². The van der Waals surface area contributed by atoms with Crippen LogP contribution in [0, 0.1) is 17.2 Å². The molecule has 3 aliphatic rings. The molecule has 0 radical (unpaired) electrons. The van der Waals surface area contributed by atoms with Gasteiger partial charge in [0, 0.05) is 51.1 Å². The number of ether oxygens (including phenoxy) is 1. The molecule has 1 amide bonds. The van der Waals surface area contributed by atoms with Gasteiger partial charge in [-0.1, -0.05) is 6.07 Å². The lowest BCUT2D eigenvalue weighted by Gasteiger charge is -2.38. The second kappa shape index (κ2) is 10.4. The van der Waals surface area contributed by atoms with Crippen LogP contribution in [0.3, 0.4) is 0 Å². The normalized spacial score (nSPS) is 20.9. The molecule has 1 aliphatic carbocycles. The number of piperazine rings is 1. The van der Waals surface area contributed by atoms with Crippen LogP contribution < -0.4 is 15.0 Å². The van der Waals surface area contributed by atoms with E-state index in [9.17, 15) is 10.1 Å². The summed E-state index contributed by atoms with van der Waals surface area (Å²) in [6.07, 6.45) is 4.56. The summed E-state index contributed by atoms with van der Waals surface area (Å²) < 4.78 is 8.80. The first-order valence-electron chi connectivity index (χ1n) is 14.4. The van der Waals surface area contributed by atoms with Crippen LogP contribution in [0.5, 0.6) is 5.75 Å². The molecule has 40 heavy (non-hydrogen) atoms. The Morgan fingerprint density at radius 2 is 1.88 bits per heavy atom. The number of carbonyl (C=O) groups excluding carboxylic acids is 1. The Labute approximate surface area is 235 Å². The van der Waals surface area contributed by atoms with E-state index in [0.29, 0.717) is 24.6 Å². The van der Waals surface area contributed by atoms with Gasteiger partial charge in [0.25, 0.3) is 0 Å². The molecule has 3 fully saturated rings. The number of hydroxylamine groups is 2. The summed E-state index contributed by atoms with van der Waals surface area (Å²) >= 11 is 0. The van der Waals surface area contributed by atoms with Crippen molar-refractivity contribution < 1.29 is 14.4 Å². The van der Waals surface area contributed by atoms with Crippen LogP contribution in [0.2, 0.25) is 0 Å². The smallest absolute Gasteiger partial charge is 0.220 e. The molecule has 2 aromatic carbocycles. The fraction of sp³-hybridized carbons (Fsp3) is 0.516. The molecule has 0 unspecified atom stereocenters. The highest BCUT2D eigenvalue weighted by molar-refractivity contribution is 5.89. The number of imidazole rings is 1. The number of carbonyl (C=O) groups is 1. The van der Waals surface area contributed by atoms with E-state index in [1.807, 2.05) is 24.4 Å². The van der Waals surface area contributed by atoms with E-state index in [0.717, 1.165) is 72.6 Å². The van der Waals surface area contributed by atoms with Crippen molar-refractivity contribution in [2.24, 2.45) is 5.92 Å². The summed E-state index contributed by atoms with van der Waals surface area (Å²) in [7, 11) is 0. The number of fused-ring (bicyclic) bond motifs is 1. The first-order valence-corrected chi connectivity index (χ1v) is 14.4. The molecule has 2 aliphatic heterocycles. The van der Waals surface area contributed by atoms with Gasteiger partial charge in [-0.25, -0.2) is 4.98 Å². The minimum Gasteiger partial charge on any atom is -0.488 e. The summed E-state index contributed by atoms with van der Waals surface area (Å²) in [6, 6.07) is 13.2. The molecule has 6 rings (SSSR count). The first kappa shape index (κ1) is 26.6. The number of hydrogen-bond acceptors (Lipinski definition) is 7. The maximum absolute atomic E-state index is 11.8. The van der Waals surface area contributed by atoms with Crippen LogP contribution >= 0.6 is 0 Å². The van der Waals surface area contributed by atoms with Crippen molar-refractivity contribution in [1.29, 1.82) is 5.26 Å². The summed E-state index contributed by atoms with van der Waals surface area (Å²) in [6.45, 7) is 12.0. The van der Waals surface area contributed by atoms with Gasteiger partial charge in [0.2, 0.25) is 5.91 Å². The molecule has 210 valence electrons. The minimum atomic E-state index is -0.219. The Morgan fingerprint density at radius 3 is 2.52 bits per heavy atom. The van der Waals surface area contributed by atoms with Crippen molar-refractivity contribution in [2.45, 2.75) is 64.7 Å². The molecule has 2 atom stereocenters. The lowest BCUT2D eigenvalue weighted by atomic mass is 10.00. The number of nitrogens with one attached hydrogen (secondary N) is 1. The zero-order chi connectivity index (χ0) is 28.0. The van der Waals surface area contributed by atoms with Crippen molar-refractivity contribution in [3.8, 4) is 22.9 Å². The quantitative estimate of drug-likeness (QED) is 0.464. The van der Waals surface area contributed by atoms with Gasteiger partial charge in [-0.3, -0.25) is 9.63 Å². The van der Waals surface area contributed by atoms with Crippen LogP contribution in [0.4, 0.5) is 5.69 Å². The van der Waals surface area contributed by atoms with Crippen LogP contribution in [-0.2, 0) is 9.63 Å². The van der Waals surface area contributed by atoms with Gasteiger partial charge in [-0.2, -0.15) is 10.3 Å². The number of amides is 1. The number of rotatable bonds is 7. The average molecular weight is 543 g/mol. The van der Waals surface area contributed by atoms with E-state index in [1.54, 1.807) is 0 Å². The first-order chi connectivity index (χ1) is 19.2. The van der Waals surface area contributed by atoms with Crippen molar-refractivity contribution in [3.63, 3.8) is 0 Å². The number of aromatic nitrogens is 2. The Kier molecular flexibility index (Phi) is 6.93. The second-order valence-electron chi connectivity index (χ2n) is 12.3. The Balaban J connectivity index is 1.28. The number of nitriles is 1. The van der Waals surface area contributed by atoms with Gasteiger partial charge in [-0.05, 0) is 75.9 Å². The molecule has 9 nitrogen and oxygen atoms in total. The Morgan fingerprint density at radius 1 is 1.10 bits per heavy atom. The van der Waals surface area contributed by atoms with Crippen molar-refractivity contribution >= 4 is 22.6 Å². The molecule has 1 saturated carbocycles. The van der Waals surface area contributed by atoms with Gasteiger partial charge in [0.05, 0.1) is 28.7 Å². The standard InChI is InChI=1S/C31H38N6O3/c1-20(24-16-29(38)33-18-24)39-28-15-22(14-26-30(28)37(19-34-26)25-6-7-25)21-5-8-27(23(13-21)17-32)35-9-11-36(12-10-35)40-31(2,3)4/h5,8,13-15,19-20,24-25H,6-7,9-12,16,18H2,1-4H3,(H,33,38)/t20-,24-/m1/s1. The third-order valence-corrected chi connectivity index (χ3v) is 7.99. The number of benzene rings is 2. The predicted molar refractivity (Wildman–Crippen MR) is 154 cm³/mol. The van der Waals surface area contributed by atoms with E-state index in [4.69, 9.17) is 14.6 Å². The molecule has 9 heteroatoms. The van der Waals surface area contributed by atoms with Gasteiger partial charge in [0.1, 0.15) is 23.4 Å². The second-order valence-corrected chi connectivity index (χ2v) is 12.3. The van der Waals surface area contributed by atoms with Gasteiger partial charge in [0.15, 0.2) is 0 Å². The van der Waals surface area contributed by atoms with Crippen LogP contribution in [0.25, 0.3) is 22.2 Å². The van der Waals surface area contributed by atoms with E-state index in [1.165, 1.54) is 0 Å². The van der Waals surface area contributed by atoms with Crippen LogP contribution in [0.15, 0.2) is 36.7 Å². The fourth-order valence-electron chi connectivity index (χ4n) is 5.76. The monoisotopic (exact) mass is 542 g/mol. The number of anilines is 1. The Hall–Kier alpha value is -3.61. The van der Waals surface area contributed by atoms with E-state index >= 15 is 0 Å². The number of hydrogen-bond donors (Lipinski definition) is 1. The zero-order valence-corrected chi connectivity index (χ0v) is 23.8. The maximum atomic E-state index is 11.8. The maximum Gasteiger partial charge on any atom is 0.220 e. The number of nitrogens with zero attached hydrogens (tertiary/aromatic N) is 5. The molecule has 3 heterocycles. The summed E-state index contributed by atoms with van der Waals surface area (Å²) in [5.74, 6) is 0.984. The average Bonchev–Trinajstić information content (AvgIpc) is 3.52. The molecule has 1 N–H and O–H groups in total. The van der Waals surface area contributed by atoms with Crippen LogP contribution in [0.1, 0.15) is 58.6 Å². The molecule has 0 spiro atoms. The van der Waals surface area contributed by atoms with E-state index in [-0.39, 0.29) is 23.5 Å². The van der Waals surface area contributed by atoms with E-state index in [2.05, 4.69) is 65.9 Å². The van der Waals surface area contributed by atoms with Crippen molar-refractivity contribution in [2.75, 3.05) is 37.6 Å². The summed E-state index contributed by atoms with van der Waals surface area (Å²) in [5.41, 5.74) is 5.17. The molecule has 3 aromatic rings. The summed E-state index contributed by atoms with van der Waals surface area (Å²) in [4.78, 5) is 24.9. The highest BCUT2D eigenvalue weighted by Crippen LogP contribution is 2.42. The molecular weight excluding hydrogens is 504 g/mol. The lowest BCUT2D eigenvalue weighted by Crippen LogP contribution is -2.48. The minimum absolute atomic E-state index is 0.0784. The van der Waals surface area contributed by atoms with Gasteiger partial charge >= 0.3 is 0 Å². The molecule has 2 saturated heterocycles. The molecule has 0 bridgehead atoms. The highest BCUT2D eigenvalue weighted by Gasteiger charge is 2.31. The molecule has 1 aromatic heterocycles. The topological polar surface area (TPSA) is 95.7 Å². The van der Waals surface area contributed by atoms with Crippen molar-refractivity contribution in [3.05, 3.63) is 42.2 Å². The Bertz CT molecular complexity index is 1460. The SMILES string of the molecule is C[C@@H](Oc1cc(-c2ccc(N3CCN(OC(C)(C)C)CC3)c(C#N)c2)cc2ncn(C3CC3)c12)[C@H]1CNC(=O)C1.